The van der Waals surface area contributed by atoms with Crippen LogP contribution in [0.4, 0.5) is 0 Å². The molecule has 198 valence electrons. The summed E-state index contributed by atoms with van der Waals surface area (Å²) in [6.07, 6.45) is 2.00. The molecule has 0 unspecified atom stereocenters. The molecule has 1 amide bonds. The number of carbonyl (C=O) groups is 1. The van der Waals surface area contributed by atoms with Crippen molar-refractivity contribution in [2.24, 2.45) is 5.92 Å². The van der Waals surface area contributed by atoms with Crippen LogP contribution in [0.1, 0.15) is 12.8 Å². The second-order valence-corrected chi connectivity index (χ2v) is 12.0. The Labute approximate surface area is 218 Å². The van der Waals surface area contributed by atoms with Crippen molar-refractivity contribution in [3.8, 4) is 5.75 Å². The second-order valence-electron chi connectivity index (χ2n) is 9.23. The Kier molecular flexibility index (Phi) is 10.5. The predicted octanol–water partition coefficient (Wildman–Crippen LogP) is 2.13. The van der Waals surface area contributed by atoms with Crippen molar-refractivity contribution in [2.45, 2.75) is 17.7 Å². The van der Waals surface area contributed by atoms with E-state index >= 15 is 0 Å². The number of carbonyl (C=O) groups excluding carboxylic acids is 1. The summed E-state index contributed by atoms with van der Waals surface area (Å²) in [7, 11) is 1.08. The highest BCUT2D eigenvalue weighted by Gasteiger charge is 2.28. The summed E-state index contributed by atoms with van der Waals surface area (Å²) >= 11 is 12.3. The Morgan fingerprint density at radius 3 is 2.26 bits per heavy atom. The molecule has 0 atom stereocenters. The number of sulfonamides is 1. The molecule has 3 rings (SSSR count). The fraction of sp³-hybridized carbons (Fsp3) is 0.696. The first-order valence-corrected chi connectivity index (χ1v) is 14.1. The number of benzene rings is 1. The van der Waals surface area contributed by atoms with Gasteiger partial charge in [0.2, 0.25) is 15.9 Å². The number of methoxy groups -OCH3 is 1. The molecule has 1 aromatic carbocycles. The summed E-state index contributed by atoms with van der Waals surface area (Å²) in [6, 6.07) is 2.80. The van der Waals surface area contributed by atoms with Gasteiger partial charge in [0, 0.05) is 71.5 Å². The number of likely N-dealkylation sites (N-methyl/N-ethyl adjacent to an activating group) is 2. The summed E-state index contributed by atoms with van der Waals surface area (Å²) in [5.41, 5.74) is 0. The van der Waals surface area contributed by atoms with Crippen LogP contribution in [0, 0.1) is 5.92 Å². The lowest BCUT2D eigenvalue weighted by atomic mass is 9.96. The molecule has 0 saturated carbocycles. The first kappa shape index (κ1) is 28.4. The van der Waals surface area contributed by atoms with Crippen molar-refractivity contribution < 1.29 is 22.7 Å². The van der Waals surface area contributed by atoms with Gasteiger partial charge in [-0.15, -0.1) is 0 Å². The molecule has 1 aromatic rings. The van der Waals surface area contributed by atoms with Crippen LogP contribution in [-0.4, -0.2) is 120 Å². The largest absolute Gasteiger partial charge is 0.497 e. The lowest BCUT2D eigenvalue weighted by molar-refractivity contribution is -0.137. The lowest BCUT2D eigenvalue weighted by Crippen LogP contribution is -2.48. The normalized spacial score (nSPS) is 18.9. The van der Waals surface area contributed by atoms with Gasteiger partial charge in [-0.2, -0.15) is 4.31 Å². The quantitative estimate of drug-likeness (QED) is 0.412. The maximum atomic E-state index is 12.9. The molecule has 0 aliphatic carbocycles. The second kappa shape index (κ2) is 12.9. The third-order valence-electron chi connectivity index (χ3n) is 6.73. The summed E-state index contributed by atoms with van der Waals surface area (Å²) < 4.78 is 37.5. The molecule has 0 spiro atoms. The third kappa shape index (κ3) is 7.67. The smallest absolute Gasteiger partial charge is 0.248 e. The van der Waals surface area contributed by atoms with Gasteiger partial charge in [-0.1, -0.05) is 23.2 Å². The predicted molar refractivity (Wildman–Crippen MR) is 137 cm³/mol. The van der Waals surface area contributed by atoms with Crippen molar-refractivity contribution in [3.05, 3.63) is 22.2 Å². The van der Waals surface area contributed by atoms with Crippen LogP contribution in [0.3, 0.4) is 0 Å². The van der Waals surface area contributed by atoms with Crippen molar-refractivity contribution >= 4 is 39.1 Å². The molecule has 0 N–H and O–H groups in total. The molecular formula is C23H36Cl2N4O5S. The van der Waals surface area contributed by atoms with Crippen LogP contribution >= 0.6 is 23.2 Å². The van der Waals surface area contributed by atoms with Gasteiger partial charge in [0.05, 0.1) is 23.8 Å². The number of halogens is 2. The summed E-state index contributed by atoms with van der Waals surface area (Å²) in [6.45, 7) is 7.11. The van der Waals surface area contributed by atoms with E-state index in [1.54, 1.807) is 0 Å². The third-order valence-corrected chi connectivity index (χ3v) is 9.51. The molecule has 9 nitrogen and oxygen atoms in total. The molecule has 0 bridgehead atoms. The van der Waals surface area contributed by atoms with Crippen LogP contribution in [-0.2, 0) is 19.6 Å². The first-order chi connectivity index (χ1) is 16.6. The molecular weight excluding hydrogens is 515 g/mol. The van der Waals surface area contributed by atoms with E-state index < -0.39 is 10.0 Å². The highest BCUT2D eigenvalue weighted by molar-refractivity contribution is 7.89. The topological polar surface area (TPSA) is 82.6 Å². The molecule has 2 aliphatic heterocycles. The number of likely N-dealkylation sites (tertiary alicyclic amines) is 1. The number of amides is 1. The van der Waals surface area contributed by atoms with E-state index in [0.29, 0.717) is 11.7 Å². The van der Waals surface area contributed by atoms with Crippen LogP contribution in [0.5, 0.6) is 5.75 Å². The van der Waals surface area contributed by atoms with E-state index in [-0.39, 0.29) is 40.6 Å². The molecule has 0 aromatic heterocycles. The number of hydrogen-bond acceptors (Lipinski definition) is 7. The minimum atomic E-state index is -3.94. The monoisotopic (exact) mass is 550 g/mol. The minimum absolute atomic E-state index is 0.0201. The number of piperazine rings is 1. The van der Waals surface area contributed by atoms with Crippen molar-refractivity contribution in [1.82, 2.24) is 19.0 Å². The highest BCUT2D eigenvalue weighted by Crippen LogP contribution is 2.35. The summed E-state index contributed by atoms with van der Waals surface area (Å²) in [4.78, 5) is 19.1. The molecule has 2 aliphatic rings. The Morgan fingerprint density at radius 2 is 1.69 bits per heavy atom. The number of ether oxygens (including phenoxy) is 2. The standard InChI is InChI=1S/C23H36Cl2N4O5S/c1-26-8-10-28(11-9-26)16-18-4-6-29(7-5-18)22(30)17-34-13-12-27(2)35(31,32)23-20(24)14-19(33-3)15-21(23)25/h14-15,18H,4-13,16-17H2,1-3H3. The zero-order chi connectivity index (χ0) is 25.6. The van der Waals surface area contributed by atoms with Gasteiger partial charge < -0.3 is 24.2 Å². The van der Waals surface area contributed by atoms with Crippen LogP contribution < -0.4 is 4.74 Å². The molecule has 35 heavy (non-hydrogen) atoms. The van der Waals surface area contributed by atoms with Gasteiger partial charge >= 0.3 is 0 Å². The summed E-state index contributed by atoms with van der Waals surface area (Å²) in [5.74, 6) is 0.931. The van der Waals surface area contributed by atoms with Crippen molar-refractivity contribution in [2.75, 3.05) is 86.8 Å². The zero-order valence-electron chi connectivity index (χ0n) is 20.7. The van der Waals surface area contributed by atoms with Gasteiger partial charge in [0.15, 0.2) is 0 Å². The Hall–Kier alpha value is -1.14. The molecule has 2 fully saturated rings. The van der Waals surface area contributed by atoms with Gasteiger partial charge in [-0.05, 0) is 25.8 Å². The number of nitrogens with zero attached hydrogens (tertiary/aromatic N) is 4. The Bertz CT molecular complexity index is 942. The van der Waals surface area contributed by atoms with Crippen molar-refractivity contribution in [3.63, 3.8) is 0 Å². The number of hydrogen-bond donors (Lipinski definition) is 0. The summed E-state index contributed by atoms with van der Waals surface area (Å²) in [5, 5.41) is -0.0401. The van der Waals surface area contributed by atoms with Crippen LogP contribution in [0.25, 0.3) is 0 Å². The molecule has 12 heteroatoms. The van der Waals surface area contributed by atoms with Gasteiger partial charge in [-0.25, -0.2) is 8.42 Å². The minimum Gasteiger partial charge on any atom is -0.497 e. The Balaban J connectivity index is 1.39. The van der Waals surface area contributed by atoms with E-state index in [9.17, 15) is 13.2 Å². The average molecular weight is 552 g/mol. The van der Waals surface area contributed by atoms with E-state index in [1.807, 2.05) is 4.90 Å². The van der Waals surface area contributed by atoms with E-state index in [0.717, 1.165) is 63.0 Å². The van der Waals surface area contributed by atoms with Gasteiger partial charge in [0.25, 0.3) is 0 Å². The first-order valence-electron chi connectivity index (χ1n) is 11.9. The van der Waals surface area contributed by atoms with E-state index in [4.69, 9.17) is 32.7 Å². The SMILES string of the molecule is COc1cc(Cl)c(S(=O)(=O)N(C)CCOCC(=O)N2CCC(CN3CCN(C)CC3)CC2)c(Cl)c1. The van der Waals surface area contributed by atoms with Crippen LogP contribution in [0.15, 0.2) is 17.0 Å². The maximum Gasteiger partial charge on any atom is 0.248 e. The fourth-order valence-corrected chi connectivity index (χ4v) is 6.67. The van der Waals surface area contributed by atoms with E-state index in [2.05, 4.69) is 16.8 Å². The molecule has 2 heterocycles. The highest BCUT2D eigenvalue weighted by atomic mass is 35.5. The number of rotatable bonds is 10. The van der Waals surface area contributed by atoms with Crippen molar-refractivity contribution in [1.29, 1.82) is 0 Å². The van der Waals surface area contributed by atoms with Gasteiger partial charge in [0.1, 0.15) is 17.3 Å². The number of piperidine rings is 1. The zero-order valence-corrected chi connectivity index (χ0v) is 23.0. The maximum absolute atomic E-state index is 12.9. The van der Waals surface area contributed by atoms with Crippen LogP contribution in [0.2, 0.25) is 10.0 Å². The fourth-order valence-electron chi connectivity index (χ4n) is 4.38. The average Bonchev–Trinajstić information content (AvgIpc) is 2.82. The van der Waals surface area contributed by atoms with Gasteiger partial charge in [-0.3, -0.25) is 4.79 Å². The lowest BCUT2D eigenvalue weighted by Gasteiger charge is -2.38. The molecule has 2 saturated heterocycles. The molecule has 0 radical (unpaired) electrons. The van der Waals surface area contributed by atoms with E-state index in [1.165, 1.54) is 26.3 Å². The Morgan fingerprint density at radius 1 is 1.09 bits per heavy atom.